The number of nitrogens with zero attached hydrogens (tertiary/aromatic N) is 7. The van der Waals surface area contributed by atoms with Gasteiger partial charge in [0, 0.05) is 69.2 Å². The lowest BCUT2D eigenvalue weighted by atomic mass is 10.1. The fourth-order valence-corrected chi connectivity index (χ4v) is 4.46. The van der Waals surface area contributed by atoms with Crippen LogP contribution in [0.1, 0.15) is 20.3 Å². The van der Waals surface area contributed by atoms with Gasteiger partial charge in [-0.15, -0.1) is 0 Å². The van der Waals surface area contributed by atoms with Crippen LogP contribution >= 0.6 is 0 Å². The minimum atomic E-state index is -0.107. The number of piperazine rings is 1. The molecule has 0 unspecified atom stereocenters. The molecule has 1 fully saturated rings. The number of rotatable bonds is 11. The zero-order valence-electron chi connectivity index (χ0n) is 21.0. The molecule has 1 N–H and O–H groups in total. The van der Waals surface area contributed by atoms with Crippen molar-refractivity contribution in [1.29, 1.82) is 0 Å². The van der Waals surface area contributed by atoms with Crippen molar-refractivity contribution < 1.29 is 9.53 Å². The van der Waals surface area contributed by atoms with Crippen molar-refractivity contribution in [3.8, 4) is 0 Å². The summed E-state index contributed by atoms with van der Waals surface area (Å²) in [4.78, 5) is 38.1. The Bertz CT molecular complexity index is 1250. The number of hydrogen-bond acceptors (Lipinski definition) is 8. The molecular weight excluding hydrogens is 460 g/mol. The van der Waals surface area contributed by atoms with Gasteiger partial charge < -0.3 is 15.0 Å². The van der Waals surface area contributed by atoms with Crippen molar-refractivity contribution in [2.24, 2.45) is 0 Å². The molecule has 1 aliphatic rings. The number of nitrogens with one attached hydrogen (secondary N) is 1. The van der Waals surface area contributed by atoms with Gasteiger partial charge in [-0.3, -0.25) is 23.7 Å². The van der Waals surface area contributed by atoms with Crippen LogP contribution in [0.3, 0.4) is 0 Å². The third-order valence-corrected chi connectivity index (χ3v) is 6.45. The van der Waals surface area contributed by atoms with Crippen molar-refractivity contribution in [3.63, 3.8) is 0 Å². The summed E-state index contributed by atoms with van der Waals surface area (Å²) in [7, 11) is 0. The Morgan fingerprint density at radius 2 is 2.08 bits per heavy atom. The third-order valence-electron chi connectivity index (χ3n) is 6.45. The van der Waals surface area contributed by atoms with E-state index < -0.39 is 0 Å². The van der Waals surface area contributed by atoms with Crippen molar-refractivity contribution >= 4 is 28.6 Å². The number of pyridine rings is 1. The van der Waals surface area contributed by atoms with Gasteiger partial charge in [-0.05, 0) is 25.5 Å². The average Bonchev–Trinajstić information content (AvgIpc) is 3.34. The monoisotopic (exact) mass is 494 g/mol. The minimum absolute atomic E-state index is 0.0325. The SMILES string of the molecule is C=CC(=O)N1CCN(CCn2c(=O)ccc3cnc(Nc4cnn(CCOCC)c4)nc32)[C@@H](CC)C1. The Balaban J connectivity index is 1.48. The van der Waals surface area contributed by atoms with Crippen LogP contribution in [0.25, 0.3) is 11.0 Å². The maximum atomic E-state index is 12.8. The van der Waals surface area contributed by atoms with Gasteiger partial charge in [0.05, 0.1) is 25.0 Å². The van der Waals surface area contributed by atoms with Gasteiger partial charge in [-0.25, -0.2) is 4.98 Å². The zero-order valence-corrected chi connectivity index (χ0v) is 21.0. The van der Waals surface area contributed by atoms with Gasteiger partial charge in [0.25, 0.3) is 5.56 Å². The van der Waals surface area contributed by atoms with Crippen LogP contribution < -0.4 is 10.9 Å². The van der Waals surface area contributed by atoms with Gasteiger partial charge in [0.1, 0.15) is 5.65 Å². The predicted molar refractivity (Wildman–Crippen MR) is 138 cm³/mol. The maximum absolute atomic E-state index is 12.8. The van der Waals surface area contributed by atoms with Crippen LogP contribution in [-0.4, -0.2) is 85.5 Å². The van der Waals surface area contributed by atoms with Crippen LogP contribution in [0.5, 0.6) is 0 Å². The van der Waals surface area contributed by atoms with Gasteiger partial charge >= 0.3 is 0 Å². The third kappa shape index (κ3) is 5.97. The zero-order chi connectivity index (χ0) is 25.5. The number of carbonyl (C=O) groups excluding carboxylic acids is 1. The summed E-state index contributed by atoms with van der Waals surface area (Å²) in [5.41, 5.74) is 1.23. The lowest BCUT2D eigenvalue weighted by Gasteiger charge is -2.41. The molecule has 4 rings (SSSR count). The summed E-state index contributed by atoms with van der Waals surface area (Å²) in [6, 6.07) is 3.54. The summed E-state index contributed by atoms with van der Waals surface area (Å²) in [5, 5.41) is 8.30. The number of hydrogen-bond donors (Lipinski definition) is 1. The van der Waals surface area contributed by atoms with Gasteiger partial charge in [-0.2, -0.15) is 10.1 Å². The average molecular weight is 495 g/mol. The minimum Gasteiger partial charge on any atom is -0.380 e. The van der Waals surface area contributed by atoms with Crippen LogP contribution in [0.2, 0.25) is 0 Å². The van der Waals surface area contributed by atoms with E-state index in [0.29, 0.717) is 57.5 Å². The van der Waals surface area contributed by atoms with E-state index in [1.165, 1.54) is 6.08 Å². The van der Waals surface area contributed by atoms with Crippen molar-refractivity contribution in [2.45, 2.75) is 39.4 Å². The standard InChI is InChI=1S/C25H34N8O3/c1-4-21-18-31(22(34)5-2)10-9-30(21)11-12-33-23(35)8-7-19-15-26-25(29-24(19)33)28-20-16-27-32(17-20)13-14-36-6-3/h5,7-8,15-17,21H,2,4,6,9-14,18H2,1,3H3,(H,26,28,29)/t21-/m0/s1. The Labute approximate surface area is 210 Å². The highest BCUT2D eigenvalue weighted by Gasteiger charge is 2.27. The second-order valence-corrected chi connectivity index (χ2v) is 8.70. The first kappa shape index (κ1) is 25.5. The Morgan fingerprint density at radius 3 is 2.86 bits per heavy atom. The van der Waals surface area contributed by atoms with Gasteiger partial charge in [0.2, 0.25) is 11.9 Å². The molecule has 1 aliphatic heterocycles. The molecule has 0 radical (unpaired) electrons. The molecule has 1 atom stereocenters. The van der Waals surface area contributed by atoms with E-state index in [0.717, 1.165) is 24.0 Å². The molecule has 11 heteroatoms. The second-order valence-electron chi connectivity index (χ2n) is 8.70. The van der Waals surface area contributed by atoms with E-state index in [9.17, 15) is 9.59 Å². The van der Waals surface area contributed by atoms with Crippen molar-refractivity contribution in [1.82, 2.24) is 34.1 Å². The smallest absolute Gasteiger partial charge is 0.252 e. The first-order valence-corrected chi connectivity index (χ1v) is 12.4. The highest BCUT2D eigenvalue weighted by Crippen LogP contribution is 2.17. The van der Waals surface area contributed by atoms with Gasteiger partial charge in [0.15, 0.2) is 0 Å². The van der Waals surface area contributed by atoms with E-state index >= 15 is 0 Å². The van der Waals surface area contributed by atoms with E-state index in [2.05, 4.69) is 38.8 Å². The van der Waals surface area contributed by atoms with Crippen LogP contribution in [-0.2, 0) is 22.6 Å². The lowest BCUT2D eigenvalue weighted by Crippen LogP contribution is -2.55. The Hall–Kier alpha value is -3.57. The molecule has 4 heterocycles. The summed E-state index contributed by atoms with van der Waals surface area (Å²) in [6.45, 7) is 12.9. The largest absolute Gasteiger partial charge is 0.380 e. The maximum Gasteiger partial charge on any atom is 0.252 e. The Kier molecular flexibility index (Phi) is 8.44. The highest BCUT2D eigenvalue weighted by atomic mass is 16.5. The topological polar surface area (TPSA) is 110 Å². The molecule has 3 aromatic heterocycles. The first-order valence-electron chi connectivity index (χ1n) is 12.4. The molecular formula is C25H34N8O3. The summed E-state index contributed by atoms with van der Waals surface area (Å²) >= 11 is 0. The van der Waals surface area contributed by atoms with Crippen molar-refractivity contribution in [3.05, 3.63) is 53.7 Å². The molecule has 3 aromatic rings. The molecule has 1 saturated heterocycles. The second kappa shape index (κ2) is 11.9. The van der Waals surface area contributed by atoms with Crippen LogP contribution in [0.15, 0.2) is 48.2 Å². The summed E-state index contributed by atoms with van der Waals surface area (Å²) in [6.07, 6.45) is 7.58. The molecule has 0 aliphatic carbocycles. The molecule has 0 spiro atoms. The fraction of sp³-hybridized carbons (Fsp3) is 0.480. The molecule has 192 valence electrons. The number of aromatic nitrogens is 5. The Morgan fingerprint density at radius 1 is 1.22 bits per heavy atom. The van der Waals surface area contributed by atoms with Crippen molar-refractivity contribution in [2.75, 3.05) is 44.7 Å². The van der Waals surface area contributed by atoms with E-state index in [-0.39, 0.29) is 17.5 Å². The van der Waals surface area contributed by atoms with Crippen LogP contribution in [0.4, 0.5) is 11.6 Å². The first-order chi connectivity index (χ1) is 17.5. The number of amides is 1. The number of fused-ring (bicyclic) bond motifs is 1. The molecule has 0 bridgehead atoms. The molecule has 1 amide bonds. The molecule has 11 nitrogen and oxygen atoms in total. The van der Waals surface area contributed by atoms with Crippen LogP contribution in [0, 0.1) is 0 Å². The van der Waals surface area contributed by atoms with E-state index in [1.54, 1.807) is 33.8 Å². The molecule has 0 saturated carbocycles. The lowest BCUT2D eigenvalue weighted by molar-refractivity contribution is -0.129. The number of anilines is 2. The predicted octanol–water partition coefficient (Wildman–Crippen LogP) is 1.88. The number of ether oxygens (including phenoxy) is 1. The number of carbonyl (C=O) groups is 1. The summed E-state index contributed by atoms with van der Waals surface area (Å²) < 4.78 is 8.87. The van der Waals surface area contributed by atoms with E-state index in [4.69, 9.17) is 4.74 Å². The van der Waals surface area contributed by atoms with Gasteiger partial charge in [-0.1, -0.05) is 13.5 Å². The fourth-order valence-electron chi connectivity index (χ4n) is 4.46. The van der Waals surface area contributed by atoms with E-state index in [1.807, 2.05) is 18.0 Å². The highest BCUT2D eigenvalue weighted by molar-refractivity contribution is 5.87. The normalized spacial score (nSPS) is 16.4. The molecule has 36 heavy (non-hydrogen) atoms. The summed E-state index contributed by atoms with van der Waals surface area (Å²) in [5.74, 6) is 0.365. The molecule has 0 aromatic carbocycles. The quantitative estimate of drug-likeness (QED) is 0.318.